The van der Waals surface area contributed by atoms with Crippen LogP contribution in [-0.2, 0) is 10.0 Å². The van der Waals surface area contributed by atoms with E-state index < -0.39 is 10.0 Å². The van der Waals surface area contributed by atoms with Crippen LogP contribution in [0, 0.1) is 13.8 Å². The number of hydrogen-bond acceptors (Lipinski definition) is 3. The maximum absolute atomic E-state index is 12.5. The number of sulfonamides is 1. The molecule has 0 saturated carbocycles. The van der Waals surface area contributed by atoms with Crippen molar-refractivity contribution in [1.82, 2.24) is 4.31 Å². The first-order chi connectivity index (χ1) is 8.43. The third-order valence-corrected chi connectivity index (χ3v) is 5.19. The number of nitrogens with zero attached hydrogens (tertiary/aromatic N) is 1. The largest absolute Gasteiger partial charge is 0.398 e. The molecule has 1 aliphatic rings. The van der Waals surface area contributed by atoms with Crippen molar-refractivity contribution in [2.24, 2.45) is 0 Å². The van der Waals surface area contributed by atoms with Crippen molar-refractivity contribution in [3.63, 3.8) is 0 Å². The summed E-state index contributed by atoms with van der Waals surface area (Å²) in [6.07, 6.45) is 4.62. The predicted octanol–water partition coefficient (Wildman–Crippen LogP) is 1.84. The highest BCUT2D eigenvalue weighted by atomic mass is 32.2. The molecule has 0 spiro atoms. The summed E-state index contributed by atoms with van der Waals surface area (Å²) in [7, 11) is -3.47. The summed E-state index contributed by atoms with van der Waals surface area (Å²) in [5.41, 5.74) is 8.13. The topological polar surface area (TPSA) is 63.4 Å². The summed E-state index contributed by atoms with van der Waals surface area (Å²) < 4.78 is 26.4. The molecular formula is C13H18N2O2S. The number of rotatable bonds is 2. The van der Waals surface area contributed by atoms with Crippen LogP contribution in [0.15, 0.2) is 29.2 Å². The van der Waals surface area contributed by atoms with Crippen LogP contribution in [0.5, 0.6) is 0 Å². The number of benzene rings is 1. The lowest BCUT2D eigenvalue weighted by Crippen LogP contribution is -2.34. The standard InChI is InChI=1S/C13H18N2O2S/c1-10-8-12(14)13(9-11(10)2)18(16,17)15-6-4-3-5-7-15/h3-4,8-9H,5-7,14H2,1-2H3. The SMILES string of the molecule is Cc1cc(N)c(S(=O)(=O)N2CC=CCC2)cc1C. The molecule has 18 heavy (non-hydrogen) atoms. The van der Waals surface area contributed by atoms with E-state index in [2.05, 4.69) is 0 Å². The molecule has 5 heteroatoms. The summed E-state index contributed by atoms with van der Waals surface area (Å²) in [5, 5.41) is 0. The van der Waals surface area contributed by atoms with Gasteiger partial charge in [0.1, 0.15) is 4.90 Å². The third kappa shape index (κ3) is 2.28. The highest BCUT2D eigenvalue weighted by Crippen LogP contribution is 2.26. The van der Waals surface area contributed by atoms with Crippen molar-refractivity contribution in [2.45, 2.75) is 25.2 Å². The van der Waals surface area contributed by atoms with E-state index in [0.29, 0.717) is 18.8 Å². The Morgan fingerprint density at radius 1 is 1.17 bits per heavy atom. The molecule has 0 bridgehead atoms. The summed E-state index contributed by atoms with van der Waals surface area (Å²) in [6.45, 7) is 4.76. The van der Waals surface area contributed by atoms with Gasteiger partial charge in [0.2, 0.25) is 10.0 Å². The first-order valence-electron chi connectivity index (χ1n) is 5.95. The fraction of sp³-hybridized carbons (Fsp3) is 0.385. The van der Waals surface area contributed by atoms with Crippen LogP contribution in [0.25, 0.3) is 0 Å². The van der Waals surface area contributed by atoms with E-state index in [-0.39, 0.29) is 4.90 Å². The average Bonchev–Trinajstić information content (AvgIpc) is 2.34. The Balaban J connectivity index is 2.47. The highest BCUT2D eigenvalue weighted by Gasteiger charge is 2.26. The Labute approximate surface area is 108 Å². The minimum absolute atomic E-state index is 0.223. The fourth-order valence-corrected chi connectivity index (χ4v) is 3.60. The Bertz CT molecular complexity index is 591. The summed E-state index contributed by atoms with van der Waals surface area (Å²) in [5.74, 6) is 0. The number of nitrogen functional groups attached to an aromatic ring is 1. The Morgan fingerprint density at radius 2 is 1.83 bits per heavy atom. The molecule has 1 heterocycles. The smallest absolute Gasteiger partial charge is 0.245 e. The van der Waals surface area contributed by atoms with E-state index >= 15 is 0 Å². The van der Waals surface area contributed by atoms with Crippen LogP contribution in [0.1, 0.15) is 17.5 Å². The van der Waals surface area contributed by atoms with Crippen LogP contribution in [0.4, 0.5) is 5.69 Å². The molecule has 0 saturated heterocycles. The van der Waals surface area contributed by atoms with Crippen molar-refractivity contribution >= 4 is 15.7 Å². The molecule has 2 rings (SSSR count). The summed E-state index contributed by atoms with van der Waals surface area (Å²) in [4.78, 5) is 0.223. The van der Waals surface area contributed by atoms with E-state index in [1.54, 1.807) is 12.1 Å². The zero-order valence-electron chi connectivity index (χ0n) is 10.7. The Morgan fingerprint density at radius 3 is 2.44 bits per heavy atom. The molecule has 2 N–H and O–H groups in total. The Kier molecular flexibility index (Phi) is 3.45. The average molecular weight is 266 g/mol. The van der Waals surface area contributed by atoms with Crippen molar-refractivity contribution < 1.29 is 8.42 Å². The molecule has 0 aromatic heterocycles. The number of aryl methyl sites for hydroxylation is 2. The maximum Gasteiger partial charge on any atom is 0.245 e. The molecule has 0 aliphatic carbocycles. The normalized spacial score (nSPS) is 17.0. The molecule has 1 aliphatic heterocycles. The van der Waals surface area contributed by atoms with Crippen LogP contribution in [0.3, 0.4) is 0 Å². The van der Waals surface area contributed by atoms with Gasteiger partial charge in [-0.15, -0.1) is 0 Å². The molecule has 0 fully saturated rings. The molecule has 0 radical (unpaired) electrons. The molecule has 1 aromatic rings. The minimum atomic E-state index is -3.47. The zero-order chi connectivity index (χ0) is 13.3. The van der Waals surface area contributed by atoms with Gasteiger partial charge >= 0.3 is 0 Å². The van der Waals surface area contributed by atoms with Gasteiger partial charge in [0.15, 0.2) is 0 Å². The molecule has 0 atom stereocenters. The molecule has 1 aromatic carbocycles. The second-order valence-corrected chi connectivity index (χ2v) is 6.50. The van der Waals surface area contributed by atoms with Gasteiger partial charge in [0.25, 0.3) is 0 Å². The lowest BCUT2D eigenvalue weighted by molar-refractivity contribution is 0.438. The third-order valence-electron chi connectivity index (χ3n) is 3.26. The number of nitrogens with two attached hydrogens (primary N) is 1. The van der Waals surface area contributed by atoms with Gasteiger partial charge in [0.05, 0.1) is 5.69 Å². The lowest BCUT2D eigenvalue weighted by atomic mass is 10.1. The summed E-state index contributed by atoms with van der Waals surface area (Å²) >= 11 is 0. The minimum Gasteiger partial charge on any atom is -0.398 e. The molecular weight excluding hydrogens is 248 g/mol. The van der Waals surface area contributed by atoms with Crippen molar-refractivity contribution in [1.29, 1.82) is 0 Å². The van der Waals surface area contributed by atoms with Gasteiger partial charge < -0.3 is 5.73 Å². The van der Waals surface area contributed by atoms with Crippen LogP contribution >= 0.6 is 0 Å². The molecule has 4 nitrogen and oxygen atoms in total. The second-order valence-electron chi connectivity index (χ2n) is 4.60. The summed E-state index contributed by atoms with van der Waals surface area (Å²) in [6, 6.07) is 3.39. The van der Waals surface area contributed by atoms with E-state index in [1.807, 2.05) is 26.0 Å². The van der Waals surface area contributed by atoms with Gasteiger partial charge in [-0.3, -0.25) is 0 Å². The van der Waals surface area contributed by atoms with Gasteiger partial charge in [-0.1, -0.05) is 12.2 Å². The lowest BCUT2D eigenvalue weighted by Gasteiger charge is -2.24. The zero-order valence-corrected chi connectivity index (χ0v) is 11.5. The van der Waals surface area contributed by atoms with E-state index in [4.69, 9.17) is 5.73 Å². The first-order valence-corrected chi connectivity index (χ1v) is 7.39. The second kappa shape index (κ2) is 4.74. The van der Waals surface area contributed by atoms with Gasteiger partial charge in [-0.25, -0.2) is 8.42 Å². The van der Waals surface area contributed by atoms with Crippen molar-refractivity contribution in [3.05, 3.63) is 35.4 Å². The van der Waals surface area contributed by atoms with E-state index in [9.17, 15) is 8.42 Å². The van der Waals surface area contributed by atoms with Gasteiger partial charge in [-0.05, 0) is 43.5 Å². The van der Waals surface area contributed by atoms with Gasteiger partial charge in [-0.2, -0.15) is 4.31 Å². The predicted molar refractivity (Wildman–Crippen MR) is 72.8 cm³/mol. The van der Waals surface area contributed by atoms with Crippen molar-refractivity contribution in [3.8, 4) is 0 Å². The quantitative estimate of drug-likeness (QED) is 0.656. The number of anilines is 1. The number of hydrogen-bond donors (Lipinski definition) is 1. The van der Waals surface area contributed by atoms with Crippen molar-refractivity contribution in [2.75, 3.05) is 18.8 Å². The molecule has 98 valence electrons. The van der Waals surface area contributed by atoms with Crippen LogP contribution < -0.4 is 5.73 Å². The van der Waals surface area contributed by atoms with Crippen LogP contribution in [-0.4, -0.2) is 25.8 Å². The molecule has 0 amide bonds. The van der Waals surface area contributed by atoms with E-state index in [0.717, 1.165) is 17.5 Å². The van der Waals surface area contributed by atoms with E-state index in [1.165, 1.54) is 4.31 Å². The fourth-order valence-electron chi connectivity index (χ4n) is 2.01. The van der Waals surface area contributed by atoms with Crippen LogP contribution in [0.2, 0.25) is 0 Å². The first kappa shape index (κ1) is 13.1. The Hall–Kier alpha value is -1.33. The molecule has 0 unspecified atom stereocenters. The monoisotopic (exact) mass is 266 g/mol. The van der Waals surface area contributed by atoms with Gasteiger partial charge in [0, 0.05) is 13.1 Å². The maximum atomic E-state index is 12.5. The highest BCUT2D eigenvalue weighted by molar-refractivity contribution is 7.89.